The van der Waals surface area contributed by atoms with Crippen LogP contribution >= 0.6 is 11.8 Å². The fraction of sp³-hybridized carbons (Fsp3) is 0.125. The van der Waals surface area contributed by atoms with Crippen LogP contribution in [-0.2, 0) is 7.05 Å². The van der Waals surface area contributed by atoms with Crippen molar-refractivity contribution in [2.75, 3.05) is 0 Å². The Labute approximate surface area is 95.6 Å². The van der Waals surface area contributed by atoms with Crippen LogP contribution in [0, 0.1) is 5.41 Å². The van der Waals surface area contributed by atoms with Crippen molar-refractivity contribution in [2.45, 2.75) is 10.2 Å². The van der Waals surface area contributed by atoms with Gasteiger partial charge in [-0.2, -0.15) is 0 Å². The summed E-state index contributed by atoms with van der Waals surface area (Å²) in [7, 11) is 1.75. The molecule has 0 amide bonds. The molecule has 0 fully saturated rings. The molecule has 0 aliphatic heterocycles. The summed E-state index contributed by atoms with van der Waals surface area (Å²) in [5.41, 5.74) is 6.02. The number of amidine groups is 1. The van der Waals surface area contributed by atoms with E-state index in [1.807, 2.05) is 0 Å². The molecule has 0 saturated heterocycles. The van der Waals surface area contributed by atoms with Gasteiger partial charge in [-0.25, -0.2) is 9.67 Å². The van der Waals surface area contributed by atoms with Gasteiger partial charge in [0.2, 0.25) is 5.16 Å². The smallest absolute Gasteiger partial charge is 0.215 e. The molecule has 2 aromatic rings. The van der Waals surface area contributed by atoms with Gasteiger partial charge in [0.25, 0.3) is 0 Å². The van der Waals surface area contributed by atoms with Gasteiger partial charge in [0.15, 0.2) is 0 Å². The fourth-order valence-corrected chi connectivity index (χ4v) is 1.77. The molecule has 2 rings (SSSR count). The Morgan fingerprint density at radius 2 is 2.38 bits per heavy atom. The standard InChI is InChI=1S/C8H9N7S/c1-15-8(12-13-14-15)16-6-4-5(7(9)10)2-3-11-6/h2-4H,1H3,(H3,9,10). The number of pyridine rings is 1. The molecule has 0 saturated carbocycles. The molecule has 7 nitrogen and oxygen atoms in total. The summed E-state index contributed by atoms with van der Waals surface area (Å²) in [6, 6.07) is 3.41. The second-order valence-corrected chi connectivity index (χ2v) is 3.97. The molecule has 82 valence electrons. The van der Waals surface area contributed by atoms with E-state index in [1.165, 1.54) is 11.8 Å². The zero-order valence-corrected chi connectivity index (χ0v) is 9.27. The van der Waals surface area contributed by atoms with Crippen molar-refractivity contribution >= 4 is 17.6 Å². The van der Waals surface area contributed by atoms with Crippen molar-refractivity contribution in [2.24, 2.45) is 12.8 Å². The molecule has 2 heterocycles. The monoisotopic (exact) mass is 235 g/mol. The number of nitrogen functional groups attached to an aromatic ring is 1. The van der Waals surface area contributed by atoms with Crippen LogP contribution in [0.15, 0.2) is 28.5 Å². The fourth-order valence-electron chi connectivity index (χ4n) is 1.03. The van der Waals surface area contributed by atoms with E-state index in [-0.39, 0.29) is 5.84 Å². The lowest BCUT2D eigenvalue weighted by Crippen LogP contribution is -2.11. The summed E-state index contributed by atoms with van der Waals surface area (Å²) >= 11 is 1.32. The first-order valence-electron chi connectivity index (χ1n) is 4.37. The van der Waals surface area contributed by atoms with Gasteiger partial charge in [-0.1, -0.05) is 0 Å². The molecule has 0 aliphatic carbocycles. The molecule has 0 radical (unpaired) electrons. The first-order chi connectivity index (χ1) is 7.66. The van der Waals surface area contributed by atoms with Crippen molar-refractivity contribution < 1.29 is 0 Å². The zero-order valence-electron chi connectivity index (χ0n) is 8.45. The van der Waals surface area contributed by atoms with Gasteiger partial charge in [-0.15, -0.1) is 5.10 Å². The molecule has 2 aromatic heterocycles. The number of aromatic nitrogens is 5. The summed E-state index contributed by atoms with van der Waals surface area (Å²) in [5, 5.41) is 19.7. The number of rotatable bonds is 3. The summed E-state index contributed by atoms with van der Waals surface area (Å²) in [6.07, 6.45) is 1.60. The van der Waals surface area contributed by atoms with Crippen molar-refractivity contribution in [1.29, 1.82) is 5.41 Å². The van der Waals surface area contributed by atoms with Gasteiger partial charge in [0, 0.05) is 18.8 Å². The minimum absolute atomic E-state index is 0.0142. The highest BCUT2D eigenvalue weighted by atomic mass is 32.2. The van der Waals surface area contributed by atoms with Crippen molar-refractivity contribution in [3.05, 3.63) is 23.9 Å². The Morgan fingerprint density at radius 1 is 1.56 bits per heavy atom. The Balaban J connectivity index is 2.25. The lowest BCUT2D eigenvalue weighted by atomic mass is 10.2. The second-order valence-electron chi connectivity index (χ2n) is 2.98. The third-order valence-electron chi connectivity index (χ3n) is 1.82. The summed E-state index contributed by atoms with van der Waals surface area (Å²) in [5.74, 6) is 0.0142. The number of hydrogen-bond donors (Lipinski definition) is 2. The van der Waals surface area contributed by atoms with E-state index in [0.717, 1.165) is 0 Å². The van der Waals surface area contributed by atoms with Crippen LogP contribution in [-0.4, -0.2) is 31.0 Å². The number of hydrogen-bond acceptors (Lipinski definition) is 6. The average molecular weight is 235 g/mol. The Hall–Kier alpha value is -1.96. The van der Waals surface area contributed by atoms with Crippen LogP contribution < -0.4 is 5.73 Å². The lowest BCUT2D eigenvalue weighted by molar-refractivity contribution is 0.664. The molecule has 0 bridgehead atoms. The van der Waals surface area contributed by atoms with Gasteiger partial charge >= 0.3 is 0 Å². The molecule has 0 spiro atoms. The normalized spacial score (nSPS) is 10.3. The third-order valence-corrected chi connectivity index (χ3v) is 2.78. The van der Waals surface area contributed by atoms with E-state index in [4.69, 9.17) is 11.1 Å². The van der Waals surface area contributed by atoms with Crippen LogP contribution in [0.4, 0.5) is 0 Å². The Morgan fingerprint density at radius 3 is 3.00 bits per heavy atom. The largest absolute Gasteiger partial charge is 0.384 e. The Kier molecular flexibility index (Phi) is 2.82. The number of tetrazole rings is 1. The molecule has 0 unspecified atom stereocenters. The summed E-state index contributed by atoms with van der Waals surface area (Å²) in [4.78, 5) is 4.14. The van der Waals surface area contributed by atoms with E-state index in [9.17, 15) is 0 Å². The molecular formula is C8H9N7S. The molecular weight excluding hydrogens is 226 g/mol. The topological polar surface area (TPSA) is 106 Å². The number of aryl methyl sites for hydroxylation is 1. The summed E-state index contributed by atoms with van der Waals surface area (Å²) in [6.45, 7) is 0. The van der Waals surface area contributed by atoms with Crippen LogP contribution in [0.3, 0.4) is 0 Å². The maximum Gasteiger partial charge on any atom is 0.215 e. The number of nitrogens with one attached hydrogen (secondary N) is 1. The van der Waals surface area contributed by atoms with Crippen LogP contribution in [0.2, 0.25) is 0 Å². The van der Waals surface area contributed by atoms with Crippen molar-refractivity contribution in [1.82, 2.24) is 25.2 Å². The van der Waals surface area contributed by atoms with Crippen LogP contribution in [0.1, 0.15) is 5.56 Å². The average Bonchev–Trinajstić information content (AvgIpc) is 2.65. The number of nitrogens with two attached hydrogens (primary N) is 1. The van der Waals surface area contributed by atoms with E-state index in [0.29, 0.717) is 15.7 Å². The molecule has 0 atom stereocenters. The van der Waals surface area contributed by atoms with Gasteiger partial charge < -0.3 is 5.73 Å². The predicted octanol–water partition coefficient (Wildman–Crippen LogP) is 0.0404. The first-order valence-corrected chi connectivity index (χ1v) is 5.19. The van der Waals surface area contributed by atoms with E-state index in [2.05, 4.69) is 20.5 Å². The lowest BCUT2D eigenvalue weighted by Gasteiger charge is -2.01. The van der Waals surface area contributed by atoms with Crippen LogP contribution in [0.25, 0.3) is 0 Å². The summed E-state index contributed by atoms with van der Waals surface area (Å²) < 4.78 is 1.55. The second kappa shape index (κ2) is 4.27. The van der Waals surface area contributed by atoms with Gasteiger partial charge in [-0.3, -0.25) is 5.41 Å². The zero-order chi connectivity index (χ0) is 11.5. The highest BCUT2D eigenvalue weighted by molar-refractivity contribution is 7.99. The highest BCUT2D eigenvalue weighted by Crippen LogP contribution is 2.22. The quantitative estimate of drug-likeness (QED) is 0.574. The maximum absolute atomic E-state index is 7.32. The SMILES string of the molecule is Cn1nnnc1Sc1cc(C(=N)N)ccn1. The molecule has 16 heavy (non-hydrogen) atoms. The van der Waals surface area contributed by atoms with E-state index >= 15 is 0 Å². The Bertz CT molecular complexity index is 521. The minimum atomic E-state index is 0.0142. The van der Waals surface area contributed by atoms with Crippen molar-refractivity contribution in [3.63, 3.8) is 0 Å². The predicted molar refractivity (Wildman–Crippen MR) is 58.2 cm³/mol. The van der Waals surface area contributed by atoms with E-state index < -0.39 is 0 Å². The highest BCUT2D eigenvalue weighted by Gasteiger charge is 2.07. The molecule has 3 N–H and O–H groups in total. The van der Waals surface area contributed by atoms with Gasteiger partial charge in [-0.05, 0) is 34.3 Å². The first kappa shape index (κ1) is 10.6. The van der Waals surface area contributed by atoms with Crippen LogP contribution in [0.5, 0.6) is 0 Å². The number of nitrogens with zero attached hydrogens (tertiary/aromatic N) is 5. The minimum Gasteiger partial charge on any atom is -0.384 e. The van der Waals surface area contributed by atoms with E-state index in [1.54, 1.807) is 30.1 Å². The molecule has 0 aliphatic rings. The maximum atomic E-state index is 7.32. The molecule has 0 aromatic carbocycles. The third kappa shape index (κ3) is 2.16. The van der Waals surface area contributed by atoms with Crippen molar-refractivity contribution in [3.8, 4) is 0 Å². The molecule has 8 heteroatoms. The van der Waals surface area contributed by atoms with Gasteiger partial charge in [0.05, 0.1) is 0 Å². The van der Waals surface area contributed by atoms with Gasteiger partial charge in [0.1, 0.15) is 10.9 Å².